The molecule has 1 amide bonds. The van der Waals surface area contributed by atoms with Crippen molar-refractivity contribution >= 4 is 23.2 Å². The first-order chi connectivity index (χ1) is 10.1. The van der Waals surface area contributed by atoms with Crippen LogP contribution in [0.2, 0.25) is 5.02 Å². The molecule has 1 N–H and O–H groups in total. The molecule has 0 aromatic heterocycles. The average Bonchev–Trinajstić information content (AvgIpc) is 2.89. The van der Waals surface area contributed by atoms with Crippen molar-refractivity contribution in [3.63, 3.8) is 0 Å². The summed E-state index contributed by atoms with van der Waals surface area (Å²) in [5.74, 6) is -2.26. The minimum absolute atomic E-state index is 0.0571. The smallest absolute Gasteiger partial charge is 0.258 e. The lowest BCUT2D eigenvalue weighted by atomic mass is 10.2. The zero-order valence-electron chi connectivity index (χ0n) is 10.5. The van der Waals surface area contributed by atoms with Crippen LogP contribution in [0.25, 0.3) is 0 Å². The zero-order chi connectivity index (χ0) is 15.0. The summed E-state index contributed by atoms with van der Waals surface area (Å²) in [7, 11) is 0. The number of carbonyl (C=O) groups is 1. The van der Waals surface area contributed by atoms with E-state index in [9.17, 15) is 13.6 Å². The van der Waals surface area contributed by atoms with Crippen molar-refractivity contribution in [1.82, 2.24) is 0 Å². The fourth-order valence-electron chi connectivity index (χ4n) is 1.88. The number of halogens is 3. The molecule has 0 saturated carbocycles. The maximum Gasteiger partial charge on any atom is 0.258 e. The Bertz CT molecular complexity index is 736. The van der Waals surface area contributed by atoms with Gasteiger partial charge in [0.25, 0.3) is 5.91 Å². The highest BCUT2D eigenvalue weighted by molar-refractivity contribution is 6.34. The van der Waals surface area contributed by atoms with Crippen LogP contribution in [0, 0.1) is 11.6 Å². The second-order valence-electron chi connectivity index (χ2n) is 4.24. The summed E-state index contributed by atoms with van der Waals surface area (Å²) < 4.78 is 37.0. The van der Waals surface area contributed by atoms with Crippen molar-refractivity contribution < 1.29 is 23.0 Å². The van der Waals surface area contributed by atoms with E-state index >= 15 is 0 Å². The maximum absolute atomic E-state index is 13.6. The van der Waals surface area contributed by atoms with E-state index in [2.05, 4.69) is 5.32 Å². The molecule has 0 radical (unpaired) electrons. The van der Waals surface area contributed by atoms with Crippen LogP contribution in [0.3, 0.4) is 0 Å². The Kier molecular flexibility index (Phi) is 3.39. The molecular formula is C14H8ClF2NO3. The van der Waals surface area contributed by atoms with Crippen molar-refractivity contribution in [3.8, 4) is 11.5 Å². The molecule has 0 saturated heterocycles. The molecule has 1 aliphatic rings. The highest BCUT2D eigenvalue weighted by Crippen LogP contribution is 2.39. The highest BCUT2D eigenvalue weighted by atomic mass is 35.5. The Morgan fingerprint density at radius 2 is 1.90 bits per heavy atom. The van der Waals surface area contributed by atoms with Crippen LogP contribution in [0.1, 0.15) is 10.4 Å². The first-order valence-corrected chi connectivity index (χ1v) is 6.28. The number of anilines is 1. The van der Waals surface area contributed by atoms with E-state index in [1.165, 1.54) is 24.3 Å². The fourth-order valence-corrected chi connectivity index (χ4v) is 2.08. The number of fused-ring (bicyclic) bond motifs is 1. The van der Waals surface area contributed by atoms with E-state index in [1.807, 2.05) is 0 Å². The van der Waals surface area contributed by atoms with Crippen LogP contribution in [0.5, 0.6) is 11.5 Å². The van der Waals surface area contributed by atoms with Gasteiger partial charge in [-0.05, 0) is 12.1 Å². The summed E-state index contributed by atoms with van der Waals surface area (Å²) in [6.07, 6.45) is 0. The number of rotatable bonds is 2. The second kappa shape index (κ2) is 5.21. The lowest BCUT2D eigenvalue weighted by molar-refractivity contribution is 0.102. The average molecular weight is 312 g/mol. The minimum atomic E-state index is -1.22. The molecule has 21 heavy (non-hydrogen) atoms. The first kappa shape index (κ1) is 13.6. The molecule has 2 aromatic rings. The van der Waals surface area contributed by atoms with Crippen LogP contribution < -0.4 is 14.8 Å². The molecule has 1 aliphatic heterocycles. The number of carbonyl (C=O) groups excluding carboxylic acids is 1. The Morgan fingerprint density at radius 1 is 1.19 bits per heavy atom. The lowest BCUT2D eigenvalue weighted by Crippen LogP contribution is -2.14. The SMILES string of the molecule is O=C(Nc1cc2c(cc1Cl)OCO2)c1cccc(F)c1F. The van der Waals surface area contributed by atoms with E-state index in [0.29, 0.717) is 11.5 Å². The van der Waals surface area contributed by atoms with Gasteiger partial charge in [-0.15, -0.1) is 0 Å². The predicted molar refractivity (Wildman–Crippen MR) is 71.9 cm³/mol. The molecule has 0 bridgehead atoms. The quantitative estimate of drug-likeness (QED) is 0.922. The van der Waals surface area contributed by atoms with E-state index in [4.69, 9.17) is 21.1 Å². The molecule has 0 atom stereocenters. The molecule has 2 aromatic carbocycles. The van der Waals surface area contributed by atoms with Gasteiger partial charge in [0.2, 0.25) is 6.79 Å². The molecule has 3 rings (SSSR count). The van der Waals surface area contributed by atoms with Crippen molar-refractivity contribution in [2.24, 2.45) is 0 Å². The van der Waals surface area contributed by atoms with E-state index < -0.39 is 23.1 Å². The van der Waals surface area contributed by atoms with Crippen molar-refractivity contribution in [2.45, 2.75) is 0 Å². The lowest BCUT2D eigenvalue weighted by Gasteiger charge is -2.09. The summed E-state index contributed by atoms with van der Waals surface area (Å²) in [6, 6.07) is 6.28. The van der Waals surface area contributed by atoms with Gasteiger partial charge in [0, 0.05) is 12.1 Å². The molecule has 7 heteroatoms. The molecule has 0 aliphatic carbocycles. The number of amides is 1. The van der Waals surface area contributed by atoms with Crippen LogP contribution in [0.15, 0.2) is 30.3 Å². The zero-order valence-corrected chi connectivity index (χ0v) is 11.2. The van der Waals surface area contributed by atoms with E-state index in [0.717, 1.165) is 6.07 Å². The summed E-state index contributed by atoms with van der Waals surface area (Å²) in [4.78, 5) is 12.0. The van der Waals surface area contributed by atoms with Gasteiger partial charge in [-0.1, -0.05) is 17.7 Å². The van der Waals surface area contributed by atoms with Crippen LogP contribution >= 0.6 is 11.6 Å². The Labute approximate surface area is 123 Å². The normalized spacial score (nSPS) is 12.3. The topological polar surface area (TPSA) is 47.6 Å². The minimum Gasteiger partial charge on any atom is -0.454 e. The number of hydrogen-bond acceptors (Lipinski definition) is 3. The number of nitrogens with one attached hydrogen (secondary N) is 1. The molecule has 4 nitrogen and oxygen atoms in total. The van der Waals surface area contributed by atoms with Crippen LogP contribution in [-0.4, -0.2) is 12.7 Å². The van der Waals surface area contributed by atoms with Crippen molar-refractivity contribution in [2.75, 3.05) is 12.1 Å². The van der Waals surface area contributed by atoms with Gasteiger partial charge in [-0.3, -0.25) is 4.79 Å². The van der Waals surface area contributed by atoms with Gasteiger partial charge in [0.1, 0.15) is 0 Å². The number of ether oxygens (including phenoxy) is 2. The van der Waals surface area contributed by atoms with Crippen LogP contribution in [-0.2, 0) is 0 Å². The first-order valence-electron chi connectivity index (χ1n) is 5.91. The third kappa shape index (κ3) is 2.50. The van der Waals surface area contributed by atoms with Gasteiger partial charge >= 0.3 is 0 Å². The highest BCUT2D eigenvalue weighted by Gasteiger charge is 2.20. The van der Waals surface area contributed by atoms with Gasteiger partial charge in [0.05, 0.1) is 16.3 Å². The van der Waals surface area contributed by atoms with Crippen molar-refractivity contribution in [1.29, 1.82) is 0 Å². The van der Waals surface area contributed by atoms with Gasteiger partial charge in [-0.2, -0.15) is 0 Å². The Balaban J connectivity index is 1.90. The van der Waals surface area contributed by atoms with E-state index in [-0.39, 0.29) is 17.5 Å². The molecular weight excluding hydrogens is 304 g/mol. The Hall–Kier alpha value is -2.34. The summed E-state index contributed by atoms with van der Waals surface area (Å²) in [5, 5.41) is 2.61. The number of benzene rings is 2. The third-order valence-corrected chi connectivity index (χ3v) is 3.22. The van der Waals surface area contributed by atoms with Gasteiger partial charge in [0.15, 0.2) is 23.1 Å². The maximum atomic E-state index is 13.6. The third-order valence-electron chi connectivity index (χ3n) is 2.91. The van der Waals surface area contributed by atoms with Gasteiger partial charge < -0.3 is 14.8 Å². The molecule has 0 fully saturated rings. The molecule has 108 valence electrons. The fraction of sp³-hybridized carbons (Fsp3) is 0.0714. The summed E-state index contributed by atoms with van der Waals surface area (Å²) in [5.41, 5.74) is -0.196. The van der Waals surface area contributed by atoms with E-state index in [1.54, 1.807) is 0 Å². The summed E-state index contributed by atoms with van der Waals surface area (Å²) >= 11 is 5.99. The molecule has 1 heterocycles. The summed E-state index contributed by atoms with van der Waals surface area (Å²) in [6.45, 7) is 0.0571. The van der Waals surface area contributed by atoms with Crippen LogP contribution in [0.4, 0.5) is 14.5 Å². The standard InChI is InChI=1S/C14H8ClF2NO3/c15-8-4-11-12(21-6-20-11)5-10(8)18-14(19)7-2-1-3-9(16)13(7)17/h1-5H,6H2,(H,18,19). The second-order valence-corrected chi connectivity index (χ2v) is 4.65. The van der Waals surface area contributed by atoms with Crippen molar-refractivity contribution in [3.05, 3.63) is 52.6 Å². The molecule has 0 spiro atoms. The largest absolute Gasteiger partial charge is 0.454 e. The monoisotopic (exact) mass is 311 g/mol. The molecule has 0 unspecified atom stereocenters. The number of hydrogen-bond donors (Lipinski definition) is 1. The predicted octanol–water partition coefficient (Wildman–Crippen LogP) is 3.60. The van der Waals surface area contributed by atoms with Gasteiger partial charge in [-0.25, -0.2) is 8.78 Å². The Morgan fingerprint density at radius 3 is 2.67 bits per heavy atom.